The number of hydrogen-bond donors (Lipinski definition) is 1. The Kier molecular flexibility index (Phi) is 3.62. The summed E-state index contributed by atoms with van der Waals surface area (Å²) in [6.45, 7) is 13.3. The van der Waals surface area contributed by atoms with Crippen molar-refractivity contribution in [1.29, 1.82) is 0 Å². The summed E-state index contributed by atoms with van der Waals surface area (Å²) in [5.74, 6) is 1.12. The summed E-state index contributed by atoms with van der Waals surface area (Å²) in [6, 6.07) is 5.52. The minimum Gasteiger partial charge on any atom is -0.353 e. The van der Waals surface area contributed by atoms with E-state index in [0.29, 0.717) is 12.1 Å². The molecule has 3 nitrogen and oxygen atoms in total. The van der Waals surface area contributed by atoms with E-state index in [-0.39, 0.29) is 5.41 Å². The van der Waals surface area contributed by atoms with Gasteiger partial charge in [0.25, 0.3) is 0 Å². The van der Waals surface area contributed by atoms with Gasteiger partial charge in [0, 0.05) is 31.4 Å². The van der Waals surface area contributed by atoms with Crippen molar-refractivity contribution >= 4 is 5.82 Å². The van der Waals surface area contributed by atoms with Crippen molar-refractivity contribution in [2.24, 2.45) is 0 Å². The summed E-state index contributed by atoms with van der Waals surface area (Å²) >= 11 is 0. The predicted octanol–water partition coefficient (Wildman–Crippen LogP) is 2.57. The molecule has 1 N–H and O–H groups in total. The summed E-state index contributed by atoms with van der Waals surface area (Å²) in [5.41, 5.74) is 1.55. The second-order valence-corrected chi connectivity index (χ2v) is 6.58. The van der Waals surface area contributed by atoms with Gasteiger partial charge in [-0.05, 0) is 23.1 Å². The number of aromatic nitrogens is 1. The quantitative estimate of drug-likeness (QED) is 0.890. The lowest BCUT2D eigenvalue weighted by Crippen LogP contribution is -2.59. The predicted molar refractivity (Wildman–Crippen MR) is 77.2 cm³/mol. The monoisotopic (exact) mass is 247 g/mol. The lowest BCUT2D eigenvalue weighted by Gasteiger charge is -2.41. The third-order valence-electron chi connectivity index (χ3n) is 3.39. The van der Waals surface area contributed by atoms with E-state index < -0.39 is 0 Å². The molecule has 1 saturated heterocycles. The number of rotatable bonds is 3. The maximum atomic E-state index is 4.49. The Labute approximate surface area is 111 Å². The average molecular weight is 247 g/mol. The Morgan fingerprint density at radius 3 is 2.56 bits per heavy atom. The topological polar surface area (TPSA) is 28.2 Å². The van der Waals surface area contributed by atoms with Crippen LogP contribution in [0.5, 0.6) is 0 Å². The van der Waals surface area contributed by atoms with E-state index in [1.807, 2.05) is 6.20 Å². The molecule has 2 rings (SSSR count). The summed E-state index contributed by atoms with van der Waals surface area (Å²) in [5, 5.41) is 3.55. The summed E-state index contributed by atoms with van der Waals surface area (Å²) in [4.78, 5) is 6.83. The van der Waals surface area contributed by atoms with E-state index in [1.54, 1.807) is 0 Å². The number of pyridine rings is 1. The standard InChI is InChI=1S/C15H25N3/c1-11(2)17-13-9-18(10-13)14-8-12(6-7-16-14)15(3,4)5/h6-8,11,13,17H,9-10H2,1-5H3. The fourth-order valence-corrected chi connectivity index (χ4v) is 2.30. The first-order chi connectivity index (χ1) is 8.36. The number of anilines is 1. The van der Waals surface area contributed by atoms with E-state index in [4.69, 9.17) is 0 Å². The van der Waals surface area contributed by atoms with Gasteiger partial charge in [0.15, 0.2) is 0 Å². The van der Waals surface area contributed by atoms with Crippen molar-refractivity contribution in [2.45, 2.75) is 52.1 Å². The minimum atomic E-state index is 0.193. The molecule has 0 atom stereocenters. The molecule has 0 aliphatic carbocycles. The van der Waals surface area contributed by atoms with E-state index in [1.165, 1.54) is 5.56 Å². The van der Waals surface area contributed by atoms with E-state index in [9.17, 15) is 0 Å². The number of hydrogen-bond acceptors (Lipinski definition) is 3. The highest BCUT2D eigenvalue weighted by Crippen LogP contribution is 2.26. The highest BCUT2D eigenvalue weighted by atomic mass is 15.3. The van der Waals surface area contributed by atoms with Gasteiger partial charge in [-0.25, -0.2) is 4.98 Å². The van der Waals surface area contributed by atoms with Crippen LogP contribution in [0.15, 0.2) is 18.3 Å². The second kappa shape index (κ2) is 4.88. The van der Waals surface area contributed by atoms with Gasteiger partial charge in [-0.15, -0.1) is 0 Å². The molecular formula is C15H25N3. The molecular weight excluding hydrogens is 222 g/mol. The second-order valence-electron chi connectivity index (χ2n) is 6.58. The Morgan fingerprint density at radius 2 is 2.00 bits per heavy atom. The summed E-state index contributed by atoms with van der Waals surface area (Å²) in [7, 11) is 0. The first-order valence-corrected chi connectivity index (χ1v) is 6.84. The average Bonchev–Trinajstić information content (AvgIpc) is 2.21. The van der Waals surface area contributed by atoms with Gasteiger partial charge >= 0.3 is 0 Å². The highest BCUT2D eigenvalue weighted by molar-refractivity contribution is 5.46. The van der Waals surface area contributed by atoms with Crippen LogP contribution in [-0.4, -0.2) is 30.2 Å². The fraction of sp³-hybridized carbons (Fsp3) is 0.667. The van der Waals surface area contributed by atoms with Crippen LogP contribution in [0.4, 0.5) is 5.82 Å². The number of nitrogens with zero attached hydrogens (tertiary/aromatic N) is 2. The van der Waals surface area contributed by atoms with Crippen LogP contribution < -0.4 is 10.2 Å². The van der Waals surface area contributed by atoms with Gasteiger partial charge < -0.3 is 10.2 Å². The van der Waals surface area contributed by atoms with Crippen LogP contribution in [0.3, 0.4) is 0 Å². The van der Waals surface area contributed by atoms with Crippen molar-refractivity contribution in [3.05, 3.63) is 23.9 Å². The van der Waals surface area contributed by atoms with E-state index >= 15 is 0 Å². The fourth-order valence-electron chi connectivity index (χ4n) is 2.30. The van der Waals surface area contributed by atoms with Crippen LogP contribution in [0.25, 0.3) is 0 Å². The molecule has 0 aromatic carbocycles. The van der Waals surface area contributed by atoms with Gasteiger partial charge in [0.2, 0.25) is 0 Å². The van der Waals surface area contributed by atoms with Crippen LogP contribution in [-0.2, 0) is 5.41 Å². The van der Waals surface area contributed by atoms with Crippen LogP contribution >= 0.6 is 0 Å². The van der Waals surface area contributed by atoms with Crippen LogP contribution in [0, 0.1) is 0 Å². The molecule has 0 saturated carbocycles. The van der Waals surface area contributed by atoms with Gasteiger partial charge in [0.1, 0.15) is 5.82 Å². The maximum Gasteiger partial charge on any atom is 0.128 e. The molecule has 0 bridgehead atoms. The third-order valence-corrected chi connectivity index (χ3v) is 3.39. The molecule has 1 aliphatic rings. The molecule has 1 aromatic rings. The Morgan fingerprint density at radius 1 is 1.33 bits per heavy atom. The molecule has 1 aromatic heterocycles. The first-order valence-electron chi connectivity index (χ1n) is 6.84. The van der Waals surface area contributed by atoms with Crippen molar-refractivity contribution < 1.29 is 0 Å². The van der Waals surface area contributed by atoms with Gasteiger partial charge in [-0.2, -0.15) is 0 Å². The molecule has 3 heteroatoms. The molecule has 1 aliphatic heterocycles. The Balaban J connectivity index is 2.00. The van der Waals surface area contributed by atoms with Crippen molar-refractivity contribution in [3.63, 3.8) is 0 Å². The lowest BCUT2D eigenvalue weighted by atomic mass is 9.87. The van der Waals surface area contributed by atoms with E-state index in [2.05, 4.69) is 62.0 Å². The normalized spacial score (nSPS) is 17.1. The maximum absolute atomic E-state index is 4.49. The van der Waals surface area contributed by atoms with E-state index in [0.717, 1.165) is 18.9 Å². The lowest BCUT2D eigenvalue weighted by molar-refractivity contribution is 0.387. The van der Waals surface area contributed by atoms with Crippen molar-refractivity contribution in [3.8, 4) is 0 Å². The van der Waals surface area contributed by atoms with Crippen LogP contribution in [0.1, 0.15) is 40.2 Å². The number of nitrogens with one attached hydrogen (secondary N) is 1. The molecule has 1 fully saturated rings. The third kappa shape index (κ3) is 3.02. The SMILES string of the molecule is CC(C)NC1CN(c2cc(C(C)(C)C)ccn2)C1. The molecule has 0 spiro atoms. The molecule has 0 unspecified atom stereocenters. The van der Waals surface area contributed by atoms with Crippen LogP contribution in [0.2, 0.25) is 0 Å². The molecule has 18 heavy (non-hydrogen) atoms. The molecule has 0 amide bonds. The zero-order valence-electron chi connectivity index (χ0n) is 12.2. The zero-order valence-corrected chi connectivity index (χ0v) is 12.2. The summed E-state index contributed by atoms with van der Waals surface area (Å²) in [6.07, 6.45) is 1.93. The first kappa shape index (κ1) is 13.3. The molecule has 2 heterocycles. The molecule has 100 valence electrons. The largest absolute Gasteiger partial charge is 0.353 e. The highest BCUT2D eigenvalue weighted by Gasteiger charge is 2.28. The van der Waals surface area contributed by atoms with Gasteiger partial charge in [-0.3, -0.25) is 0 Å². The zero-order chi connectivity index (χ0) is 13.3. The molecule has 0 radical (unpaired) electrons. The Bertz CT molecular complexity index is 400. The Hall–Kier alpha value is -1.09. The van der Waals surface area contributed by atoms with Crippen molar-refractivity contribution in [1.82, 2.24) is 10.3 Å². The summed E-state index contributed by atoms with van der Waals surface area (Å²) < 4.78 is 0. The van der Waals surface area contributed by atoms with Gasteiger partial charge in [-0.1, -0.05) is 34.6 Å². The smallest absolute Gasteiger partial charge is 0.128 e. The van der Waals surface area contributed by atoms with Crippen molar-refractivity contribution in [2.75, 3.05) is 18.0 Å². The minimum absolute atomic E-state index is 0.193. The van der Waals surface area contributed by atoms with Gasteiger partial charge in [0.05, 0.1) is 0 Å².